The van der Waals surface area contributed by atoms with Gasteiger partial charge in [-0.2, -0.15) is 0 Å². The molecule has 2 N–H and O–H groups in total. The van der Waals surface area contributed by atoms with Gasteiger partial charge >= 0.3 is 7.32 Å². The minimum atomic E-state index is -1.83. The van der Waals surface area contributed by atoms with Crippen molar-refractivity contribution in [3.63, 3.8) is 0 Å². The first-order valence-electron chi connectivity index (χ1n) is 18.3. The molecule has 0 radical (unpaired) electrons. The number of hydrogen-bond donors (Lipinski definition) is 2. The van der Waals surface area contributed by atoms with E-state index >= 15 is 0 Å². The van der Waals surface area contributed by atoms with Gasteiger partial charge in [0.2, 0.25) is 0 Å². The van der Waals surface area contributed by atoms with Gasteiger partial charge in [-0.1, -0.05) is 126 Å². The molecule has 0 aliphatic rings. The highest BCUT2D eigenvalue weighted by atomic mass is 31.2. The lowest BCUT2D eigenvalue weighted by Crippen LogP contribution is -2.21. The number of rotatable bonds is 18. The first-order valence-corrected chi connectivity index (χ1v) is 20.6. The van der Waals surface area contributed by atoms with E-state index in [1.165, 1.54) is 101 Å². The molecule has 0 aliphatic carbocycles. The Kier molecular flexibility index (Phi) is 15.6. The monoisotopic (exact) mass is 651 g/mol. The molecular weight excluding hydrogens is 594 g/mol. The minimum Gasteiger partial charge on any atom is -0.511 e. The van der Waals surface area contributed by atoms with Crippen LogP contribution < -0.4 is 9.96 Å². The number of fused-ring (bicyclic) bond motifs is 4. The summed E-state index contributed by atoms with van der Waals surface area (Å²) in [4.78, 5) is 0. The molecule has 5 rings (SSSR count). The zero-order valence-electron chi connectivity index (χ0n) is 29.2. The zero-order valence-corrected chi connectivity index (χ0v) is 30.1. The largest absolute Gasteiger partial charge is 0.707 e. The van der Waals surface area contributed by atoms with Gasteiger partial charge in [-0.15, -0.1) is 0 Å². The third kappa shape index (κ3) is 10.8. The maximum absolute atomic E-state index is 9.14. The topological polar surface area (TPSA) is 49.7 Å². The average molecular weight is 652 g/mol. The van der Waals surface area contributed by atoms with E-state index in [9.17, 15) is 0 Å². The minimum absolute atomic E-state index is 0.466. The van der Waals surface area contributed by atoms with Crippen molar-refractivity contribution in [3.05, 3.63) is 97.1 Å². The van der Waals surface area contributed by atoms with E-state index in [1.807, 2.05) is 30.3 Å². The molecule has 5 heteroatoms. The van der Waals surface area contributed by atoms with Gasteiger partial charge in [0, 0.05) is 12.6 Å². The van der Waals surface area contributed by atoms with E-state index in [4.69, 9.17) is 14.7 Å². The summed E-state index contributed by atoms with van der Waals surface area (Å²) in [6.07, 6.45) is 21.5. The van der Waals surface area contributed by atoms with E-state index in [0.29, 0.717) is 5.75 Å². The van der Waals surface area contributed by atoms with E-state index in [-0.39, 0.29) is 0 Å². The summed E-state index contributed by atoms with van der Waals surface area (Å²) in [6, 6.07) is 33.8. The summed E-state index contributed by atoms with van der Waals surface area (Å²) in [5.74, 6) is 0.466. The summed E-state index contributed by atoms with van der Waals surface area (Å²) in [5, 5.41) is 26.4. The van der Waals surface area contributed by atoms with Crippen molar-refractivity contribution in [2.75, 3.05) is 18.5 Å². The van der Waals surface area contributed by atoms with Crippen molar-refractivity contribution in [2.24, 2.45) is 0 Å². The van der Waals surface area contributed by atoms with Crippen LogP contribution >= 0.6 is 7.26 Å². The summed E-state index contributed by atoms with van der Waals surface area (Å²) in [6.45, 7) is 6.99. The zero-order chi connectivity index (χ0) is 33.3. The lowest BCUT2D eigenvalue weighted by atomic mass is 9.97. The Bertz CT molecular complexity index is 1590. The summed E-state index contributed by atoms with van der Waals surface area (Å²) < 4.78 is 5.16. The Morgan fingerprint density at radius 2 is 1.02 bits per heavy atom. The van der Waals surface area contributed by atoms with Gasteiger partial charge in [0.25, 0.3) is 0 Å². The van der Waals surface area contributed by atoms with Crippen LogP contribution in [-0.4, -0.2) is 35.9 Å². The van der Waals surface area contributed by atoms with Crippen molar-refractivity contribution in [3.8, 4) is 5.75 Å². The lowest BCUT2D eigenvalue weighted by Gasteiger charge is -2.28. The smallest absolute Gasteiger partial charge is 0.511 e. The highest BCUT2D eigenvalue weighted by molar-refractivity contribution is 7.82. The molecule has 0 heterocycles. The molecule has 47 heavy (non-hydrogen) atoms. The second kappa shape index (κ2) is 19.8. The third-order valence-electron chi connectivity index (χ3n) is 9.54. The summed E-state index contributed by atoms with van der Waals surface area (Å²) in [7, 11) is -2.80. The molecule has 0 bridgehead atoms. The van der Waals surface area contributed by atoms with E-state index < -0.39 is 14.6 Å². The summed E-state index contributed by atoms with van der Waals surface area (Å²) >= 11 is 0. The van der Waals surface area contributed by atoms with Crippen LogP contribution in [0.2, 0.25) is 0 Å². The van der Waals surface area contributed by atoms with Gasteiger partial charge in [0.05, 0.1) is 23.8 Å². The molecule has 0 atom stereocenters. The molecule has 0 unspecified atom stereocenters. The van der Waals surface area contributed by atoms with E-state index in [0.717, 1.165) is 26.9 Å². The molecule has 3 nitrogen and oxygen atoms in total. The number of unbranched alkanes of at least 4 members (excludes halogenated alkanes) is 9. The molecular formula is C42H57BO3P+. The Labute approximate surface area is 285 Å². The Hall–Kier alpha value is -2.91. The third-order valence-corrected chi connectivity index (χ3v) is 14.5. The van der Waals surface area contributed by atoms with Crippen LogP contribution in [0.1, 0.15) is 97.8 Å². The van der Waals surface area contributed by atoms with Gasteiger partial charge in [-0.05, 0) is 95.8 Å². The van der Waals surface area contributed by atoms with Gasteiger partial charge < -0.3 is 14.7 Å². The molecule has 5 aromatic rings. The van der Waals surface area contributed by atoms with Crippen molar-refractivity contribution in [1.29, 1.82) is 0 Å². The van der Waals surface area contributed by atoms with Gasteiger partial charge in [-0.3, -0.25) is 0 Å². The van der Waals surface area contributed by atoms with Gasteiger partial charge in [-0.25, -0.2) is 0 Å². The van der Waals surface area contributed by atoms with E-state index in [1.54, 1.807) is 11.4 Å². The Balaban J connectivity index is 0.000000214. The highest BCUT2D eigenvalue weighted by Crippen LogP contribution is 2.59. The van der Waals surface area contributed by atoms with Crippen LogP contribution in [0.5, 0.6) is 5.75 Å². The predicted octanol–water partition coefficient (Wildman–Crippen LogP) is 11.6. The fourth-order valence-electron chi connectivity index (χ4n) is 6.97. The van der Waals surface area contributed by atoms with Crippen LogP contribution in [-0.2, 0) is 0 Å². The molecule has 0 fully saturated rings. The summed E-state index contributed by atoms with van der Waals surface area (Å²) in [5.41, 5.74) is 0. The lowest BCUT2D eigenvalue weighted by molar-refractivity contribution is 0.289. The molecule has 0 saturated heterocycles. The average Bonchev–Trinajstić information content (AvgIpc) is 3.09. The maximum Gasteiger partial charge on any atom is 0.707 e. The standard InChI is InChI=1S/C24H44P.C18H13BO3/c1-4-7-10-16-21-25(22-17-11-8-5-2,23-18-12-9-6-3)24-19-14-13-15-20-24;20-19(21)22-17-7-3-6-12-8-9-15-10-13-4-1-2-5-14(13)11-16(15)18(12)17/h13-15,19-20H,4-12,16-18,21-23H2,1-3H3;1-11,20-21H/q+1;. The molecule has 250 valence electrons. The number of benzene rings is 5. The van der Waals surface area contributed by atoms with E-state index in [2.05, 4.69) is 81.4 Å². The normalized spacial score (nSPS) is 11.5. The molecule has 5 aromatic carbocycles. The van der Waals surface area contributed by atoms with Crippen LogP contribution in [0.15, 0.2) is 97.1 Å². The SMILES string of the molecule is CCCCCC[P+](CCCCCC)(CCCCCC)c1ccccc1.OB(O)Oc1cccc2ccc3cc4ccccc4cc3c12. The molecule has 0 saturated carbocycles. The Morgan fingerprint density at radius 3 is 1.57 bits per heavy atom. The Morgan fingerprint density at radius 1 is 0.511 bits per heavy atom. The molecule has 0 aliphatic heterocycles. The van der Waals surface area contributed by atoms with Crippen LogP contribution in [0.25, 0.3) is 32.3 Å². The molecule has 0 amide bonds. The molecule has 0 aromatic heterocycles. The van der Waals surface area contributed by atoms with Gasteiger partial charge in [0.15, 0.2) is 0 Å². The van der Waals surface area contributed by atoms with Crippen LogP contribution in [0.3, 0.4) is 0 Å². The predicted molar refractivity (Wildman–Crippen MR) is 210 cm³/mol. The van der Waals surface area contributed by atoms with Crippen molar-refractivity contribution in [1.82, 2.24) is 0 Å². The van der Waals surface area contributed by atoms with Gasteiger partial charge in [0.1, 0.15) is 5.75 Å². The van der Waals surface area contributed by atoms with Crippen LogP contribution in [0, 0.1) is 0 Å². The first-order chi connectivity index (χ1) is 23.0. The van der Waals surface area contributed by atoms with Crippen molar-refractivity contribution in [2.45, 2.75) is 97.8 Å². The fourth-order valence-corrected chi connectivity index (χ4v) is 11.7. The molecule has 0 spiro atoms. The quantitative estimate of drug-likeness (QED) is 0.0326. The van der Waals surface area contributed by atoms with Crippen molar-refractivity contribution < 1.29 is 14.7 Å². The fraction of sp³-hybridized carbons (Fsp3) is 0.429. The second-order valence-electron chi connectivity index (χ2n) is 13.1. The second-order valence-corrected chi connectivity index (χ2v) is 17.3. The maximum atomic E-state index is 9.14. The van der Waals surface area contributed by atoms with Crippen LogP contribution in [0.4, 0.5) is 0 Å². The highest BCUT2D eigenvalue weighted by Gasteiger charge is 2.38. The first kappa shape index (κ1) is 36.9. The number of hydrogen-bond acceptors (Lipinski definition) is 3. The van der Waals surface area contributed by atoms with Crippen molar-refractivity contribution >= 4 is 52.2 Å².